The van der Waals surface area contributed by atoms with E-state index in [1.165, 1.54) is 0 Å². The minimum atomic E-state index is -0.132. The third kappa shape index (κ3) is 5.62. The quantitative estimate of drug-likeness (QED) is 0.630. The van der Waals surface area contributed by atoms with Gasteiger partial charge >= 0.3 is 0 Å². The van der Waals surface area contributed by atoms with Crippen LogP contribution >= 0.6 is 24.2 Å². The van der Waals surface area contributed by atoms with Gasteiger partial charge in [0.1, 0.15) is 5.82 Å². The van der Waals surface area contributed by atoms with Gasteiger partial charge in [0.2, 0.25) is 11.8 Å². The molecule has 3 rings (SSSR count). The van der Waals surface area contributed by atoms with E-state index < -0.39 is 0 Å². The number of nitrogens with two attached hydrogens (primary N) is 1. The molecule has 2 heterocycles. The predicted octanol–water partition coefficient (Wildman–Crippen LogP) is 2.09. The highest BCUT2D eigenvalue weighted by Gasteiger charge is 2.28. The lowest BCUT2D eigenvalue weighted by Gasteiger charge is -2.32. The average Bonchev–Trinajstić information content (AvgIpc) is 3.14. The Morgan fingerprint density at radius 2 is 2.21 bits per heavy atom. The summed E-state index contributed by atoms with van der Waals surface area (Å²) >= 11 is 1.57. The summed E-state index contributed by atoms with van der Waals surface area (Å²) in [5, 5.41) is 2.92. The van der Waals surface area contributed by atoms with Crippen LogP contribution in [0.5, 0.6) is 0 Å². The molecule has 28 heavy (non-hydrogen) atoms. The Hall–Kier alpha value is -1.77. The first-order chi connectivity index (χ1) is 13.1. The number of carbonyl (C=O) groups is 2. The topological polar surface area (TPSA) is 104 Å². The van der Waals surface area contributed by atoms with Crippen molar-refractivity contribution < 1.29 is 9.59 Å². The summed E-state index contributed by atoms with van der Waals surface area (Å²) in [4.78, 5) is 34.5. The number of H-pyrrole nitrogens is 1. The van der Waals surface area contributed by atoms with Gasteiger partial charge in [-0.25, -0.2) is 4.98 Å². The van der Waals surface area contributed by atoms with Crippen LogP contribution in [0.25, 0.3) is 11.0 Å². The number of piperidine rings is 1. The molecular formula is C19H28ClN5O2S. The lowest BCUT2D eigenvalue weighted by molar-refractivity contribution is -0.133. The van der Waals surface area contributed by atoms with Gasteiger partial charge in [-0.15, -0.1) is 24.2 Å². The summed E-state index contributed by atoms with van der Waals surface area (Å²) < 4.78 is 0. The van der Waals surface area contributed by atoms with Gasteiger partial charge < -0.3 is 20.9 Å². The number of rotatable bonds is 7. The molecule has 2 aromatic rings. The first-order valence-corrected chi connectivity index (χ1v) is 10.4. The minimum Gasteiger partial charge on any atom is -0.355 e. The maximum absolute atomic E-state index is 12.6. The smallest absolute Gasteiger partial charge is 0.232 e. The number of amides is 2. The fourth-order valence-electron chi connectivity index (χ4n) is 3.29. The molecule has 7 nitrogen and oxygen atoms in total. The summed E-state index contributed by atoms with van der Waals surface area (Å²) in [7, 11) is 0. The molecule has 2 atom stereocenters. The van der Waals surface area contributed by atoms with Crippen LogP contribution in [0.4, 0.5) is 0 Å². The summed E-state index contributed by atoms with van der Waals surface area (Å²) in [6.45, 7) is 4.18. The number of hydrogen-bond acceptors (Lipinski definition) is 5. The van der Waals surface area contributed by atoms with Crippen molar-refractivity contribution in [1.82, 2.24) is 20.2 Å². The number of aromatic amines is 1. The third-order valence-electron chi connectivity index (χ3n) is 4.84. The van der Waals surface area contributed by atoms with Gasteiger partial charge in [0.25, 0.3) is 0 Å². The van der Waals surface area contributed by atoms with Crippen LogP contribution in [0.1, 0.15) is 30.8 Å². The third-order valence-corrected chi connectivity index (χ3v) is 5.97. The van der Waals surface area contributed by atoms with E-state index in [0.29, 0.717) is 25.4 Å². The van der Waals surface area contributed by atoms with Crippen molar-refractivity contribution in [2.75, 3.05) is 31.9 Å². The Labute approximate surface area is 175 Å². The van der Waals surface area contributed by atoms with Crippen LogP contribution in [-0.4, -0.2) is 58.6 Å². The Bertz CT molecular complexity index is 766. The van der Waals surface area contributed by atoms with E-state index >= 15 is 0 Å². The number of carbonyl (C=O) groups excluding carboxylic acids is 2. The van der Waals surface area contributed by atoms with E-state index in [9.17, 15) is 9.59 Å². The molecule has 1 fully saturated rings. The second-order valence-corrected chi connectivity index (χ2v) is 8.18. The van der Waals surface area contributed by atoms with Crippen LogP contribution < -0.4 is 11.1 Å². The summed E-state index contributed by atoms with van der Waals surface area (Å²) in [5.74, 6) is 1.22. The van der Waals surface area contributed by atoms with Gasteiger partial charge in [0.05, 0.1) is 28.0 Å². The van der Waals surface area contributed by atoms with Gasteiger partial charge in [0, 0.05) is 26.2 Å². The highest BCUT2D eigenvalue weighted by atomic mass is 35.5. The minimum absolute atomic E-state index is 0. The monoisotopic (exact) mass is 425 g/mol. The molecule has 1 aliphatic rings. The second kappa shape index (κ2) is 10.7. The summed E-state index contributed by atoms with van der Waals surface area (Å²) in [6.07, 6.45) is 1.68. The van der Waals surface area contributed by atoms with Crippen molar-refractivity contribution in [2.45, 2.75) is 25.0 Å². The molecule has 0 bridgehead atoms. The molecule has 1 aromatic heterocycles. The van der Waals surface area contributed by atoms with E-state index in [2.05, 4.69) is 22.2 Å². The summed E-state index contributed by atoms with van der Waals surface area (Å²) in [6, 6.07) is 7.91. The highest BCUT2D eigenvalue weighted by Crippen LogP contribution is 2.28. The van der Waals surface area contributed by atoms with Crippen molar-refractivity contribution in [3.05, 3.63) is 30.1 Å². The number of aromatic nitrogens is 2. The van der Waals surface area contributed by atoms with Crippen molar-refractivity contribution in [3.8, 4) is 0 Å². The highest BCUT2D eigenvalue weighted by molar-refractivity contribution is 8.00. The molecule has 1 saturated heterocycles. The number of para-hydroxylation sites is 2. The van der Waals surface area contributed by atoms with Crippen LogP contribution in [-0.2, 0) is 9.59 Å². The maximum Gasteiger partial charge on any atom is 0.232 e. The van der Waals surface area contributed by atoms with E-state index in [4.69, 9.17) is 5.73 Å². The van der Waals surface area contributed by atoms with Crippen LogP contribution in [0, 0.1) is 5.92 Å². The van der Waals surface area contributed by atoms with Gasteiger partial charge in [-0.1, -0.05) is 12.1 Å². The van der Waals surface area contributed by atoms with Gasteiger partial charge in [-0.2, -0.15) is 0 Å². The zero-order valence-electron chi connectivity index (χ0n) is 16.0. The van der Waals surface area contributed by atoms with E-state index in [1.807, 2.05) is 29.2 Å². The molecule has 4 N–H and O–H groups in total. The van der Waals surface area contributed by atoms with Gasteiger partial charge in [0.15, 0.2) is 0 Å². The van der Waals surface area contributed by atoms with E-state index in [-0.39, 0.29) is 35.4 Å². The van der Waals surface area contributed by atoms with E-state index in [1.54, 1.807) is 11.8 Å². The number of nitrogens with one attached hydrogen (secondary N) is 2. The molecule has 0 spiro atoms. The lowest BCUT2D eigenvalue weighted by atomic mass is 9.97. The zero-order chi connectivity index (χ0) is 19.2. The van der Waals surface area contributed by atoms with E-state index in [0.717, 1.165) is 36.2 Å². The van der Waals surface area contributed by atoms with Crippen LogP contribution in [0.3, 0.4) is 0 Å². The maximum atomic E-state index is 12.6. The number of benzene rings is 1. The number of fused-ring (bicyclic) bond motifs is 1. The molecule has 0 saturated carbocycles. The number of hydrogen-bond donors (Lipinski definition) is 3. The Morgan fingerprint density at radius 1 is 1.43 bits per heavy atom. The normalized spacial score (nSPS) is 17.8. The predicted molar refractivity (Wildman–Crippen MR) is 116 cm³/mol. The molecule has 9 heteroatoms. The summed E-state index contributed by atoms with van der Waals surface area (Å²) in [5.41, 5.74) is 7.38. The molecule has 1 aromatic carbocycles. The van der Waals surface area contributed by atoms with Crippen molar-refractivity contribution in [1.29, 1.82) is 0 Å². The fraction of sp³-hybridized carbons (Fsp3) is 0.526. The molecule has 2 amide bonds. The van der Waals surface area contributed by atoms with Crippen molar-refractivity contribution in [2.24, 2.45) is 11.7 Å². The molecular weight excluding hydrogens is 398 g/mol. The Morgan fingerprint density at radius 3 is 2.96 bits per heavy atom. The van der Waals surface area contributed by atoms with Gasteiger partial charge in [-0.05, 0) is 31.9 Å². The molecule has 1 aliphatic heterocycles. The average molecular weight is 426 g/mol. The SMILES string of the molecule is CC(SCC(=O)N1CCCC(C(=O)NCCN)C1)c1nc2ccccc2[nH]1.Cl. The standard InChI is InChI=1S/C19H27N5O2S.ClH/c1-13(18-22-15-6-2-3-7-16(15)23-18)27-12-17(25)24-10-4-5-14(11-24)19(26)21-9-8-20;/h2-3,6-7,13-14H,4-5,8-12,20H2,1H3,(H,21,26)(H,22,23);1H. The van der Waals surface area contributed by atoms with Crippen molar-refractivity contribution in [3.63, 3.8) is 0 Å². The molecule has 0 aliphatic carbocycles. The zero-order valence-corrected chi connectivity index (χ0v) is 17.7. The second-order valence-electron chi connectivity index (χ2n) is 6.85. The first-order valence-electron chi connectivity index (χ1n) is 9.40. The molecule has 2 unspecified atom stereocenters. The molecule has 154 valence electrons. The number of likely N-dealkylation sites (tertiary alicyclic amines) is 1. The first kappa shape index (κ1) is 22.5. The van der Waals surface area contributed by atoms with Crippen LogP contribution in [0.15, 0.2) is 24.3 Å². The fourth-order valence-corrected chi connectivity index (χ4v) is 4.13. The Kier molecular flexibility index (Phi) is 8.59. The number of thioether (sulfide) groups is 1. The number of nitrogens with zero attached hydrogens (tertiary/aromatic N) is 2. The van der Waals surface area contributed by atoms with Crippen LogP contribution in [0.2, 0.25) is 0 Å². The largest absolute Gasteiger partial charge is 0.355 e. The Balaban J connectivity index is 0.00000280. The molecule has 0 radical (unpaired) electrons. The lowest BCUT2D eigenvalue weighted by Crippen LogP contribution is -2.46. The number of imidazole rings is 1. The van der Waals surface area contributed by atoms with Gasteiger partial charge in [-0.3, -0.25) is 9.59 Å². The number of halogens is 1. The van der Waals surface area contributed by atoms with Crippen molar-refractivity contribution >= 4 is 47.0 Å².